The predicted molar refractivity (Wildman–Crippen MR) is 105 cm³/mol. The number of rotatable bonds is 5. The summed E-state index contributed by atoms with van der Waals surface area (Å²) in [5.41, 5.74) is -0.370. The molecule has 2 aliphatic heterocycles. The van der Waals surface area contributed by atoms with Gasteiger partial charge in [-0.2, -0.15) is 0 Å². The van der Waals surface area contributed by atoms with Crippen LogP contribution in [0.1, 0.15) is 33.6 Å². The zero-order chi connectivity index (χ0) is 20.0. The van der Waals surface area contributed by atoms with Gasteiger partial charge in [-0.1, -0.05) is 26.8 Å². The minimum atomic E-state index is -0.370. The molecule has 27 heavy (non-hydrogen) atoms. The maximum Gasteiger partial charge on any atom is 0.234 e. The van der Waals surface area contributed by atoms with E-state index in [1.54, 1.807) is 6.08 Å². The number of carbonyl (C=O) groups is 3. The zero-order valence-electron chi connectivity index (χ0n) is 17.0. The molecular formula is C20H34N4O3. The summed E-state index contributed by atoms with van der Waals surface area (Å²) in [6.07, 6.45) is 3.14. The molecule has 0 spiro atoms. The lowest BCUT2D eigenvalue weighted by molar-refractivity contribution is -0.145. The van der Waals surface area contributed by atoms with Crippen molar-refractivity contribution in [1.82, 2.24) is 20.0 Å². The van der Waals surface area contributed by atoms with Gasteiger partial charge < -0.3 is 15.1 Å². The van der Waals surface area contributed by atoms with Gasteiger partial charge in [-0.3, -0.25) is 19.3 Å². The van der Waals surface area contributed by atoms with Gasteiger partial charge in [0.25, 0.3) is 0 Å². The topological polar surface area (TPSA) is 73.0 Å². The first kappa shape index (κ1) is 21.4. The summed E-state index contributed by atoms with van der Waals surface area (Å²) in [4.78, 5) is 42.9. The standard InChI is InChI=1S/C20H34N4O3/c1-5-8-21-17(25)15-22-11-13-23(14-12-22)18(26)16-6-9-24(10-7-16)19(27)20(2,3)4/h5,16H,1,6-15H2,2-4H3,(H,21,25). The summed E-state index contributed by atoms with van der Waals surface area (Å²) < 4.78 is 0. The Labute approximate surface area is 162 Å². The van der Waals surface area contributed by atoms with Gasteiger partial charge in [0, 0.05) is 57.1 Å². The second kappa shape index (κ2) is 9.35. The average Bonchev–Trinajstić information content (AvgIpc) is 2.65. The SMILES string of the molecule is C=CCNC(=O)CN1CCN(C(=O)C2CCN(C(=O)C(C)(C)C)CC2)CC1. The first-order chi connectivity index (χ1) is 12.7. The van der Waals surface area contributed by atoms with Crippen LogP contribution < -0.4 is 5.32 Å². The number of likely N-dealkylation sites (tertiary alicyclic amines) is 1. The Morgan fingerprint density at radius 3 is 2.11 bits per heavy atom. The third-order valence-corrected chi connectivity index (χ3v) is 5.27. The zero-order valence-corrected chi connectivity index (χ0v) is 17.0. The van der Waals surface area contributed by atoms with Crippen LogP contribution in [-0.2, 0) is 14.4 Å². The van der Waals surface area contributed by atoms with Gasteiger partial charge in [0.05, 0.1) is 6.54 Å². The number of carbonyl (C=O) groups excluding carboxylic acids is 3. The highest BCUT2D eigenvalue weighted by atomic mass is 16.2. The lowest BCUT2D eigenvalue weighted by atomic mass is 9.90. The van der Waals surface area contributed by atoms with Crippen molar-refractivity contribution >= 4 is 17.7 Å². The van der Waals surface area contributed by atoms with E-state index in [1.807, 2.05) is 30.6 Å². The molecule has 7 heteroatoms. The van der Waals surface area contributed by atoms with Crippen LogP contribution in [0.5, 0.6) is 0 Å². The van der Waals surface area contributed by atoms with Crippen molar-refractivity contribution in [2.75, 3.05) is 52.4 Å². The first-order valence-electron chi connectivity index (χ1n) is 9.90. The van der Waals surface area contributed by atoms with Crippen molar-refractivity contribution in [3.8, 4) is 0 Å². The van der Waals surface area contributed by atoms with E-state index in [4.69, 9.17) is 0 Å². The van der Waals surface area contributed by atoms with Gasteiger partial charge in [0.1, 0.15) is 0 Å². The van der Waals surface area contributed by atoms with E-state index >= 15 is 0 Å². The van der Waals surface area contributed by atoms with Crippen LogP contribution in [0.4, 0.5) is 0 Å². The van der Waals surface area contributed by atoms with E-state index in [0.717, 1.165) is 12.8 Å². The number of piperazine rings is 1. The summed E-state index contributed by atoms with van der Waals surface area (Å²) in [5, 5.41) is 2.78. The van der Waals surface area contributed by atoms with E-state index in [2.05, 4.69) is 16.8 Å². The molecule has 152 valence electrons. The molecule has 2 rings (SSSR count). The number of nitrogens with zero attached hydrogens (tertiary/aromatic N) is 3. The quantitative estimate of drug-likeness (QED) is 0.716. The average molecular weight is 379 g/mol. The summed E-state index contributed by atoms with van der Waals surface area (Å²) in [7, 11) is 0. The predicted octanol–water partition coefficient (Wildman–Crippen LogP) is 0.718. The van der Waals surface area contributed by atoms with Crippen molar-refractivity contribution in [2.24, 2.45) is 11.3 Å². The summed E-state index contributed by atoms with van der Waals surface area (Å²) in [6.45, 7) is 14.3. The molecule has 3 amide bonds. The van der Waals surface area contributed by atoms with Crippen molar-refractivity contribution < 1.29 is 14.4 Å². The molecule has 0 radical (unpaired) electrons. The van der Waals surface area contributed by atoms with Crippen LogP contribution in [0.2, 0.25) is 0 Å². The Hall–Kier alpha value is -1.89. The molecule has 0 aromatic carbocycles. The molecule has 1 N–H and O–H groups in total. The van der Waals surface area contributed by atoms with Gasteiger partial charge in [-0.25, -0.2) is 0 Å². The minimum Gasteiger partial charge on any atom is -0.352 e. The van der Waals surface area contributed by atoms with E-state index in [-0.39, 0.29) is 29.1 Å². The van der Waals surface area contributed by atoms with Crippen molar-refractivity contribution in [2.45, 2.75) is 33.6 Å². The fourth-order valence-electron chi connectivity index (χ4n) is 3.63. The molecule has 2 aliphatic rings. The minimum absolute atomic E-state index is 0.00874. The highest BCUT2D eigenvalue weighted by Crippen LogP contribution is 2.25. The van der Waals surface area contributed by atoms with E-state index < -0.39 is 0 Å². The second-order valence-corrected chi connectivity index (χ2v) is 8.51. The number of piperidine rings is 1. The molecule has 2 saturated heterocycles. The Morgan fingerprint density at radius 2 is 1.59 bits per heavy atom. The van der Waals surface area contributed by atoms with Crippen LogP contribution in [0.3, 0.4) is 0 Å². The van der Waals surface area contributed by atoms with Crippen molar-refractivity contribution in [3.05, 3.63) is 12.7 Å². The maximum absolute atomic E-state index is 12.8. The monoisotopic (exact) mass is 378 g/mol. The van der Waals surface area contributed by atoms with Crippen LogP contribution in [0, 0.1) is 11.3 Å². The number of amides is 3. The van der Waals surface area contributed by atoms with Gasteiger partial charge >= 0.3 is 0 Å². The Balaban J connectivity index is 1.74. The fraction of sp³-hybridized carbons (Fsp3) is 0.750. The van der Waals surface area contributed by atoms with Gasteiger partial charge in [0.2, 0.25) is 17.7 Å². The van der Waals surface area contributed by atoms with Crippen molar-refractivity contribution in [1.29, 1.82) is 0 Å². The molecule has 0 aliphatic carbocycles. The second-order valence-electron chi connectivity index (χ2n) is 8.51. The molecule has 2 heterocycles. The first-order valence-corrected chi connectivity index (χ1v) is 9.90. The molecule has 0 saturated carbocycles. The van der Waals surface area contributed by atoms with E-state index in [1.165, 1.54) is 0 Å². The third kappa shape index (κ3) is 6.06. The number of hydrogen-bond acceptors (Lipinski definition) is 4. The normalized spacial score (nSPS) is 19.7. The highest BCUT2D eigenvalue weighted by Gasteiger charge is 2.34. The number of hydrogen-bond donors (Lipinski definition) is 1. The molecule has 0 aromatic heterocycles. The highest BCUT2D eigenvalue weighted by molar-refractivity contribution is 5.83. The Morgan fingerprint density at radius 1 is 1.00 bits per heavy atom. The molecule has 7 nitrogen and oxygen atoms in total. The van der Waals surface area contributed by atoms with Crippen LogP contribution in [0.15, 0.2) is 12.7 Å². The summed E-state index contributed by atoms with van der Waals surface area (Å²) in [5.74, 6) is 0.368. The van der Waals surface area contributed by atoms with E-state index in [0.29, 0.717) is 52.4 Å². The van der Waals surface area contributed by atoms with Crippen LogP contribution in [-0.4, -0.2) is 84.8 Å². The van der Waals surface area contributed by atoms with Crippen LogP contribution >= 0.6 is 0 Å². The van der Waals surface area contributed by atoms with Gasteiger partial charge in [-0.05, 0) is 12.8 Å². The molecule has 0 atom stereocenters. The molecule has 2 fully saturated rings. The lowest BCUT2D eigenvalue weighted by Crippen LogP contribution is -2.53. The smallest absolute Gasteiger partial charge is 0.234 e. The molecule has 0 unspecified atom stereocenters. The third-order valence-electron chi connectivity index (χ3n) is 5.27. The fourth-order valence-corrected chi connectivity index (χ4v) is 3.63. The van der Waals surface area contributed by atoms with Crippen molar-refractivity contribution in [3.63, 3.8) is 0 Å². The summed E-state index contributed by atoms with van der Waals surface area (Å²) >= 11 is 0. The van der Waals surface area contributed by atoms with Gasteiger partial charge in [0.15, 0.2) is 0 Å². The molecule has 0 aromatic rings. The van der Waals surface area contributed by atoms with Crippen LogP contribution in [0.25, 0.3) is 0 Å². The lowest BCUT2D eigenvalue weighted by Gasteiger charge is -2.39. The van der Waals surface area contributed by atoms with Gasteiger partial charge in [-0.15, -0.1) is 6.58 Å². The summed E-state index contributed by atoms with van der Waals surface area (Å²) in [6, 6.07) is 0. The Bertz CT molecular complexity index is 554. The largest absolute Gasteiger partial charge is 0.352 e. The number of nitrogens with one attached hydrogen (secondary N) is 1. The van der Waals surface area contributed by atoms with E-state index in [9.17, 15) is 14.4 Å². The molecular weight excluding hydrogens is 344 g/mol. The maximum atomic E-state index is 12.8. The Kier molecular flexibility index (Phi) is 7.41. The molecule has 0 bridgehead atoms.